The van der Waals surface area contributed by atoms with Crippen molar-refractivity contribution < 1.29 is 4.92 Å². The van der Waals surface area contributed by atoms with Crippen molar-refractivity contribution in [3.05, 3.63) is 113 Å². The fraction of sp³-hybridized carbons (Fsp3) is 0.353. The molecule has 1 saturated carbocycles. The summed E-state index contributed by atoms with van der Waals surface area (Å²) in [7, 11) is 0. The lowest BCUT2D eigenvalue weighted by Gasteiger charge is -2.34. The summed E-state index contributed by atoms with van der Waals surface area (Å²) >= 11 is 0. The zero-order chi connectivity index (χ0) is 29.6. The molecule has 3 heterocycles. The predicted molar refractivity (Wildman–Crippen MR) is 172 cm³/mol. The van der Waals surface area contributed by atoms with Crippen molar-refractivity contribution in [2.24, 2.45) is 0 Å². The molecule has 5 radical (unpaired) electrons. The Morgan fingerprint density at radius 3 is 2.33 bits per heavy atom. The molecule has 1 saturated heterocycles. The number of fused-ring (bicyclic) bond motifs is 3. The Hall–Kier alpha value is -3.53. The number of para-hydroxylation sites is 3. The fourth-order valence-corrected chi connectivity index (χ4v) is 6.25. The molecule has 2 aliphatic rings. The van der Waals surface area contributed by atoms with E-state index in [4.69, 9.17) is 4.98 Å². The van der Waals surface area contributed by atoms with E-state index in [1.165, 1.54) is 17.0 Å². The molecule has 2 aromatic carbocycles. The Labute approximate surface area is 254 Å². The number of benzene rings is 2. The highest BCUT2D eigenvalue weighted by Crippen LogP contribution is 2.39. The zero-order valence-corrected chi connectivity index (χ0v) is 24.8. The van der Waals surface area contributed by atoms with Crippen LogP contribution in [-0.4, -0.2) is 76.5 Å². The Morgan fingerprint density at radius 1 is 0.907 bits per heavy atom. The molecule has 2 fully saturated rings. The first-order valence-corrected chi connectivity index (χ1v) is 15.3. The van der Waals surface area contributed by atoms with Crippen LogP contribution < -0.4 is 10.6 Å². The molecule has 43 heavy (non-hydrogen) atoms. The van der Waals surface area contributed by atoms with Gasteiger partial charge in [0.25, 0.3) is 5.69 Å². The first-order valence-electron chi connectivity index (χ1n) is 15.3. The Morgan fingerprint density at radius 2 is 1.58 bits per heavy atom. The predicted octanol–water partition coefficient (Wildman–Crippen LogP) is 5.06. The van der Waals surface area contributed by atoms with Gasteiger partial charge in [0.15, 0.2) is 5.82 Å². The highest BCUT2D eigenvalue weighted by molar-refractivity contribution is 5.89. The third-order valence-corrected chi connectivity index (χ3v) is 8.48. The summed E-state index contributed by atoms with van der Waals surface area (Å²) in [6, 6.07) is 15.3. The average Bonchev–Trinajstić information content (AvgIpc) is 3.67. The number of hydrogen-bond acceptors (Lipinski definition) is 7. The highest BCUT2D eigenvalue weighted by atomic mass is 16.6. The van der Waals surface area contributed by atoms with E-state index >= 15 is 0 Å². The van der Waals surface area contributed by atoms with Gasteiger partial charge < -0.3 is 24.8 Å². The van der Waals surface area contributed by atoms with E-state index in [1.54, 1.807) is 12.1 Å². The van der Waals surface area contributed by atoms with Gasteiger partial charge in [-0.2, -0.15) is 0 Å². The third-order valence-electron chi connectivity index (χ3n) is 8.48. The Balaban J connectivity index is 0.954. The van der Waals surface area contributed by atoms with Crippen LogP contribution in [0, 0.1) is 48.6 Å². The van der Waals surface area contributed by atoms with Gasteiger partial charge in [0.05, 0.1) is 21.5 Å². The molecule has 0 unspecified atom stereocenters. The lowest BCUT2D eigenvalue weighted by atomic mass is 9.95. The normalized spacial score (nSPS) is 16.9. The van der Waals surface area contributed by atoms with E-state index in [1.807, 2.05) is 18.2 Å². The van der Waals surface area contributed by atoms with Crippen LogP contribution in [0.1, 0.15) is 29.5 Å². The van der Waals surface area contributed by atoms with Crippen LogP contribution in [0.5, 0.6) is 0 Å². The van der Waals surface area contributed by atoms with Gasteiger partial charge in [-0.05, 0) is 88.3 Å². The molecule has 4 aromatic rings. The number of nitro groups is 1. The Bertz CT molecular complexity index is 1540. The molecule has 1 aliphatic heterocycles. The number of hydrogen-bond donors (Lipinski definition) is 2. The number of nitro benzene ring substituents is 1. The number of nitrogens with one attached hydrogen (secondary N) is 2. The fourth-order valence-electron chi connectivity index (χ4n) is 6.25. The summed E-state index contributed by atoms with van der Waals surface area (Å²) in [6.07, 6.45) is 12.9. The van der Waals surface area contributed by atoms with Crippen LogP contribution in [0.3, 0.4) is 0 Å². The van der Waals surface area contributed by atoms with Crippen molar-refractivity contribution in [2.75, 3.05) is 57.7 Å². The molecule has 9 heteroatoms. The van der Waals surface area contributed by atoms with Gasteiger partial charge in [-0.15, -0.1) is 0 Å². The molecular weight excluding hydrogens is 538 g/mol. The molecule has 223 valence electrons. The molecule has 2 aromatic heterocycles. The number of nitrogens with zero attached hydrogens (tertiary/aromatic N) is 5. The Kier molecular flexibility index (Phi) is 9.51. The van der Waals surface area contributed by atoms with Gasteiger partial charge in [0.2, 0.25) is 0 Å². The molecule has 1 aliphatic carbocycles. The van der Waals surface area contributed by atoms with E-state index in [-0.39, 0.29) is 10.6 Å². The average molecular weight is 579 g/mol. The second-order valence-corrected chi connectivity index (χ2v) is 11.4. The molecule has 6 rings (SSSR count). The van der Waals surface area contributed by atoms with Crippen molar-refractivity contribution in [3.63, 3.8) is 0 Å². The van der Waals surface area contributed by atoms with E-state index in [2.05, 4.69) is 81.8 Å². The summed E-state index contributed by atoms with van der Waals surface area (Å²) in [6.45, 7) is 10.9. The van der Waals surface area contributed by atoms with Gasteiger partial charge in [-0.3, -0.25) is 10.1 Å². The van der Waals surface area contributed by atoms with Gasteiger partial charge >= 0.3 is 0 Å². The van der Waals surface area contributed by atoms with Crippen molar-refractivity contribution >= 4 is 28.1 Å². The van der Waals surface area contributed by atoms with Gasteiger partial charge in [-0.25, -0.2) is 4.98 Å². The number of rotatable bonds is 13. The van der Waals surface area contributed by atoms with Crippen LogP contribution in [0.2, 0.25) is 0 Å². The summed E-state index contributed by atoms with van der Waals surface area (Å²) in [5.74, 6) is 2.18. The minimum Gasteiger partial charge on any atom is -0.368 e. The molecule has 0 bridgehead atoms. The van der Waals surface area contributed by atoms with Gasteiger partial charge in [0, 0.05) is 63.0 Å². The topological polar surface area (TPSA) is 91.0 Å². The number of aromatic nitrogens is 2. The first kappa shape index (κ1) is 29.5. The minimum atomic E-state index is -0.309. The molecular formula is C34H40N7O2. The zero-order valence-electron chi connectivity index (χ0n) is 24.8. The van der Waals surface area contributed by atoms with Crippen LogP contribution in [0.15, 0.2) is 54.7 Å². The highest BCUT2D eigenvalue weighted by Gasteiger charge is 2.26. The third kappa shape index (κ3) is 6.84. The van der Waals surface area contributed by atoms with E-state index in [9.17, 15) is 10.1 Å². The van der Waals surface area contributed by atoms with E-state index in [0.29, 0.717) is 6.54 Å². The van der Waals surface area contributed by atoms with E-state index < -0.39 is 0 Å². The smallest absolute Gasteiger partial charge is 0.273 e. The van der Waals surface area contributed by atoms with Crippen molar-refractivity contribution in [3.8, 4) is 0 Å². The number of piperazine rings is 1. The van der Waals surface area contributed by atoms with Gasteiger partial charge in [-0.1, -0.05) is 30.3 Å². The lowest BCUT2D eigenvalue weighted by Crippen LogP contribution is -2.47. The monoisotopic (exact) mass is 578 g/mol. The first-order chi connectivity index (χ1) is 21.1. The number of aryl methyl sites for hydroxylation is 1. The minimum absolute atomic E-state index is 0.186. The maximum Gasteiger partial charge on any atom is 0.273 e. The SMILES string of the molecule is Cc1cn2c(c(NCCCN3CCN(CCCNCc4ccccc4[N+](=O)[O-])CC3)nc3ccccc32)c1[C]1[CH][CH][CH][CH]1. The van der Waals surface area contributed by atoms with Crippen molar-refractivity contribution in [1.82, 2.24) is 24.5 Å². The molecule has 0 amide bonds. The van der Waals surface area contributed by atoms with Crippen molar-refractivity contribution in [1.29, 1.82) is 0 Å². The maximum atomic E-state index is 11.2. The lowest BCUT2D eigenvalue weighted by molar-refractivity contribution is -0.385. The summed E-state index contributed by atoms with van der Waals surface area (Å²) in [5, 5.41) is 18.3. The number of anilines is 1. The van der Waals surface area contributed by atoms with Crippen LogP contribution >= 0.6 is 0 Å². The molecule has 0 atom stereocenters. The largest absolute Gasteiger partial charge is 0.368 e. The van der Waals surface area contributed by atoms with Crippen LogP contribution in [0.4, 0.5) is 11.5 Å². The maximum absolute atomic E-state index is 11.2. The van der Waals surface area contributed by atoms with Crippen LogP contribution in [0.25, 0.3) is 16.6 Å². The van der Waals surface area contributed by atoms with Crippen molar-refractivity contribution in [2.45, 2.75) is 26.3 Å². The second-order valence-electron chi connectivity index (χ2n) is 11.4. The quantitative estimate of drug-likeness (QED) is 0.130. The van der Waals surface area contributed by atoms with E-state index in [0.717, 1.165) is 93.1 Å². The summed E-state index contributed by atoms with van der Waals surface area (Å²) in [4.78, 5) is 21.0. The molecule has 2 N–H and O–H groups in total. The van der Waals surface area contributed by atoms with Gasteiger partial charge in [0.1, 0.15) is 0 Å². The summed E-state index contributed by atoms with van der Waals surface area (Å²) < 4.78 is 2.29. The molecule has 0 spiro atoms. The standard InChI is InChI=1S/C34H40N7O2/c1-26-25-40-31-15-7-5-13-29(31)37-34(33(40)32(26)27-10-2-3-11-27)36-17-9-19-39-22-20-38(21-23-39)18-8-16-35-24-28-12-4-6-14-30(28)41(42)43/h2-7,10-15,25,35H,8-9,16-24H2,1H3,(H,36,37). The summed E-state index contributed by atoms with van der Waals surface area (Å²) in [5.41, 5.74) is 6.69. The molecule has 9 nitrogen and oxygen atoms in total. The van der Waals surface area contributed by atoms with Crippen LogP contribution in [-0.2, 0) is 6.54 Å². The second kappa shape index (κ2) is 13.8.